The van der Waals surface area contributed by atoms with Crippen molar-refractivity contribution in [2.75, 3.05) is 0 Å². The maximum Gasteiger partial charge on any atom is 0.263 e. The van der Waals surface area contributed by atoms with Gasteiger partial charge in [0, 0.05) is 10.9 Å². The number of rotatable bonds is 4. The molecule has 0 bridgehead atoms. The predicted molar refractivity (Wildman–Crippen MR) is 114 cm³/mol. The summed E-state index contributed by atoms with van der Waals surface area (Å²) >= 11 is 0. The third kappa shape index (κ3) is 3.15. The number of benzene rings is 4. The highest BCUT2D eigenvalue weighted by Crippen LogP contribution is 2.26. The zero-order chi connectivity index (χ0) is 19.6. The van der Waals surface area contributed by atoms with Crippen molar-refractivity contribution in [3.8, 4) is 5.75 Å². The lowest BCUT2D eigenvalue weighted by atomic mass is 10.1. The summed E-state index contributed by atoms with van der Waals surface area (Å²) in [5.74, 6) is 1.23. The van der Waals surface area contributed by atoms with Crippen molar-refractivity contribution in [2.24, 2.45) is 0 Å². The molecule has 4 aromatic carbocycles. The Morgan fingerprint density at radius 3 is 2.41 bits per heavy atom. The summed E-state index contributed by atoms with van der Waals surface area (Å²) in [7, 11) is 0. The van der Waals surface area contributed by atoms with Crippen molar-refractivity contribution in [3.63, 3.8) is 0 Å². The number of hydrogen-bond acceptors (Lipinski definition) is 3. The maximum absolute atomic E-state index is 13.2. The van der Waals surface area contributed by atoms with Crippen LogP contribution in [0.3, 0.4) is 0 Å². The summed E-state index contributed by atoms with van der Waals surface area (Å²) in [5, 5.41) is 2.14. The average Bonchev–Trinajstić information content (AvgIpc) is 3.16. The molecule has 140 valence electrons. The first-order valence-electron chi connectivity index (χ1n) is 9.48. The fourth-order valence-corrected chi connectivity index (χ4v) is 3.57. The Labute approximate surface area is 168 Å². The smallest absolute Gasteiger partial charge is 0.263 e. The first-order valence-corrected chi connectivity index (χ1v) is 9.48. The van der Waals surface area contributed by atoms with Gasteiger partial charge in [-0.3, -0.25) is 9.36 Å². The van der Waals surface area contributed by atoms with Crippen molar-refractivity contribution >= 4 is 27.7 Å². The number of carbonyl (C=O) groups is 1. The summed E-state index contributed by atoms with van der Waals surface area (Å²) in [6, 6.07) is 30.9. The van der Waals surface area contributed by atoms with Gasteiger partial charge in [-0.1, -0.05) is 66.7 Å². The van der Waals surface area contributed by atoms with Crippen LogP contribution in [-0.2, 0) is 6.61 Å². The molecule has 4 heteroatoms. The normalized spacial score (nSPS) is 11.0. The van der Waals surface area contributed by atoms with Crippen LogP contribution in [0.2, 0.25) is 0 Å². The van der Waals surface area contributed by atoms with Crippen LogP contribution >= 0.6 is 0 Å². The van der Waals surface area contributed by atoms with Gasteiger partial charge in [0.1, 0.15) is 12.4 Å². The van der Waals surface area contributed by atoms with E-state index in [2.05, 4.69) is 17.1 Å². The molecule has 5 rings (SSSR count). The van der Waals surface area contributed by atoms with Crippen LogP contribution in [0.15, 0.2) is 97.1 Å². The van der Waals surface area contributed by atoms with Crippen molar-refractivity contribution in [3.05, 3.63) is 108 Å². The minimum atomic E-state index is -0.115. The molecule has 29 heavy (non-hydrogen) atoms. The Balaban J connectivity index is 1.55. The number of aromatic nitrogens is 2. The van der Waals surface area contributed by atoms with Crippen molar-refractivity contribution in [1.29, 1.82) is 0 Å². The van der Waals surface area contributed by atoms with Gasteiger partial charge in [-0.2, -0.15) is 0 Å². The molecule has 1 heterocycles. The molecule has 0 atom stereocenters. The Kier molecular flexibility index (Phi) is 4.30. The number of para-hydroxylation sites is 2. The molecule has 0 spiro atoms. The lowest BCUT2D eigenvalue weighted by molar-refractivity contribution is 0.0956. The second-order valence-electron chi connectivity index (χ2n) is 6.79. The highest BCUT2D eigenvalue weighted by molar-refractivity contribution is 6.01. The summed E-state index contributed by atoms with van der Waals surface area (Å²) in [6.45, 7) is 0.196. The summed E-state index contributed by atoms with van der Waals surface area (Å²) < 4.78 is 7.77. The largest absolute Gasteiger partial charge is 0.485 e. The van der Waals surface area contributed by atoms with Crippen LogP contribution < -0.4 is 4.74 Å². The zero-order valence-corrected chi connectivity index (χ0v) is 15.7. The van der Waals surface area contributed by atoms with Gasteiger partial charge in [0.05, 0.1) is 11.0 Å². The SMILES string of the molecule is O=C(c1ccccc1)n1c(COc2cccc3ccccc23)nc2ccccc21. The molecule has 0 aliphatic heterocycles. The molecule has 0 saturated carbocycles. The van der Waals surface area contributed by atoms with Gasteiger partial charge >= 0.3 is 0 Å². The van der Waals surface area contributed by atoms with Gasteiger partial charge in [-0.05, 0) is 35.7 Å². The number of imidazole rings is 1. The summed E-state index contributed by atoms with van der Waals surface area (Å²) in [4.78, 5) is 17.9. The van der Waals surface area contributed by atoms with E-state index in [4.69, 9.17) is 4.74 Å². The lowest BCUT2D eigenvalue weighted by Gasteiger charge is -2.11. The highest BCUT2D eigenvalue weighted by atomic mass is 16.5. The van der Waals surface area contributed by atoms with Crippen LogP contribution in [0.1, 0.15) is 16.2 Å². The van der Waals surface area contributed by atoms with E-state index >= 15 is 0 Å². The van der Waals surface area contributed by atoms with E-state index in [1.807, 2.05) is 84.9 Å². The Morgan fingerprint density at radius 1 is 0.793 bits per heavy atom. The molecular weight excluding hydrogens is 360 g/mol. The molecule has 0 aliphatic rings. The van der Waals surface area contributed by atoms with E-state index in [0.717, 1.165) is 27.6 Å². The highest BCUT2D eigenvalue weighted by Gasteiger charge is 2.18. The topological polar surface area (TPSA) is 44.1 Å². The van der Waals surface area contributed by atoms with Gasteiger partial charge in [-0.15, -0.1) is 0 Å². The molecule has 5 aromatic rings. The Bertz CT molecular complexity index is 1320. The van der Waals surface area contributed by atoms with E-state index in [0.29, 0.717) is 11.4 Å². The molecule has 0 aliphatic carbocycles. The van der Waals surface area contributed by atoms with E-state index < -0.39 is 0 Å². The molecule has 0 saturated heterocycles. The van der Waals surface area contributed by atoms with Gasteiger partial charge < -0.3 is 4.74 Å². The fourth-order valence-electron chi connectivity index (χ4n) is 3.57. The maximum atomic E-state index is 13.2. The predicted octanol–water partition coefficient (Wildman–Crippen LogP) is 5.46. The molecule has 0 fully saturated rings. The van der Waals surface area contributed by atoms with Gasteiger partial charge in [0.25, 0.3) is 5.91 Å². The zero-order valence-electron chi connectivity index (χ0n) is 15.7. The van der Waals surface area contributed by atoms with E-state index in [1.165, 1.54) is 0 Å². The quantitative estimate of drug-likeness (QED) is 0.417. The number of ether oxygens (including phenoxy) is 1. The number of carbonyl (C=O) groups excluding carboxylic acids is 1. The molecule has 4 nitrogen and oxygen atoms in total. The van der Waals surface area contributed by atoms with Crippen molar-refractivity contribution in [1.82, 2.24) is 9.55 Å². The first-order chi connectivity index (χ1) is 14.3. The molecule has 1 aromatic heterocycles. The van der Waals surface area contributed by atoms with Gasteiger partial charge in [-0.25, -0.2) is 4.98 Å². The standard InChI is InChI=1S/C25H18N2O2/c28-25(19-10-2-1-3-11-19)27-22-15-7-6-14-21(22)26-24(27)17-29-23-16-8-12-18-9-4-5-13-20(18)23/h1-16H,17H2. The second-order valence-corrected chi connectivity index (χ2v) is 6.79. The van der Waals surface area contributed by atoms with Crippen LogP contribution in [0.25, 0.3) is 21.8 Å². The Hall–Kier alpha value is -3.92. The van der Waals surface area contributed by atoms with Crippen LogP contribution in [0.4, 0.5) is 0 Å². The van der Waals surface area contributed by atoms with Gasteiger partial charge in [0.15, 0.2) is 5.82 Å². The Morgan fingerprint density at radius 2 is 1.52 bits per heavy atom. The monoisotopic (exact) mass is 378 g/mol. The number of hydrogen-bond donors (Lipinski definition) is 0. The number of nitrogens with zero attached hydrogens (tertiary/aromatic N) is 2. The molecule has 0 amide bonds. The van der Waals surface area contributed by atoms with Gasteiger partial charge in [0.2, 0.25) is 0 Å². The van der Waals surface area contributed by atoms with Crippen LogP contribution in [-0.4, -0.2) is 15.5 Å². The van der Waals surface area contributed by atoms with E-state index in [9.17, 15) is 4.79 Å². The fraction of sp³-hybridized carbons (Fsp3) is 0.0400. The van der Waals surface area contributed by atoms with Crippen molar-refractivity contribution < 1.29 is 9.53 Å². The first kappa shape index (κ1) is 17.2. The molecule has 0 unspecified atom stereocenters. The third-order valence-electron chi connectivity index (χ3n) is 4.96. The van der Waals surface area contributed by atoms with Crippen LogP contribution in [0, 0.1) is 0 Å². The van der Waals surface area contributed by atoms with E-state index in [-0.39, 0.29) is 12.5 Å². The summed E-state index contributed by atoms with van der Waals surface area (Å²) in [5.41, 5.74) is 2.16. The second kappa shape index (κ2) is 7.24. The molecule has 0 N–H and O–H groups in total. The molecular formula is C25H18N2O2. The minimum Gasteiger partial charge on any atom is -0.485 e. The van der Waals surface area contributed by atoms with E-state index in [1.54, 1.807) is 4.57 Å². The van der Waals surface area contributed by atoms with Crippen molar-refractivity contribution in [2.45, 2.75) is 6.61 Å². The average molecular weight is 378 g/mol. The summed E-state index contributed by atoms with van der Waals surface area (Å²) in [6.07, 6.45) is 0. The minimum absolute atomic E-state index is 0.115. The third-order valence-corrected chi connectivity index (χ3v) is 4.96. The lowest BCUT2D eigenvalue weighted by Crippen LogP contribution is -2.16. The molecule has 0 radical (unpaired) electrons. The number of fused-ring (bicyclic) bond motifs is 2. The van der Waals surface area contributed by atoms with Crippen LogP contribution in [0.5, 0.6) is 5.75 Å².